The molecule has 1 aromatic heterocycles. The highest BCUT2D eigenvalue weighted by molar-refractivity contribution is 5.99. The van der Waals surface area contributed by atoms with Gasteiger partial charge in [-0.2, -0.15) is 0 Å². The van der Waals surface area contributed by atoms with Crippen molar-refractivity contribution in [2.75, 3.05) is 6.61 Å². The summed E-state index contributed by atoms with van der Waals surface area (Å²) in [7, 11) is 0. The van der Waals surface area contributed by atoms with E-state index in [9.17, 15) is 4.79 Å². The Kier molecular flexibility index (Phi) is 2.03. The van der Waals surface area contributed by atoms with Gasteiger partial charge in [-0.1, -0.05) is 18.2 Å². The summed E-state index contributed by atoms with van der Waals surface area (Å²) in [4.78, 5) is 14.5. The van der Waals surface area contributed by atoms with E-state index in [4.69, 9.17) is 4.74 Å². The van der Waals surface area contributed by atoms with E-state index >= 15 is 0 Å². The van der Waals surface area contributed by atoms with Crippen LogP contribution in [-0.2, 0) is 9.53 Å². The fourth-order valence-corrected chi connectivity index (χ4v) is 1.98. The minimum absolute atomic E-state index is 0.190. The Morgan fingerprint density at radius 1 is 1.31 bits per heavy atom. The normalized spacial score (nSPS) is 18.2. The quantitative estimate of drug-likeness (QED) is 0.584. The van der Waals surface area contributed by atoms with E-state index in [1.165, 1.54) is 0 Å². The molecule has 3 heteroatoms. The van der Waals surface area contributed by atoms with Crippen LogP contribution in [0.3, 0.4) is 0 Å². The van der Waals surface area contributed by atoms with E-state index in [0.29, 0.717) is 13.0 Å². The van der Waals surface area contributed by atoms with Crippen molar-refractivity contribution in [3.8, 4) is 0 Å². The van der Waals surface area contributed by atoms with Crippen LogP contribution in [0.25, 0.3) is 17.0 Å². The van der Waals surface area contributed by atoms with Crippen molar-refractivity contribution in [3.05, 3.63) is 41.6 Å². The molecule has 2 heterocycles. The van der Waals surface area contributed by atoms with Crippen molar-refractivity contribution < 1.29 is 9.53 Å². The lowest BCUT2D eigenvalue weighted by Gasteiger charge is -1.93. The second-order valence-corrected chi connectivity index (χ2v) is 3.85. The van der Waals surface area contributed by atoms with Crippen LogP contribution in [0, 0.1) is 0 Å². The third-order valence-corrected chi connectivity index (χ3v) is 2.82. The number of benzene rings is 1. The number of nitrogens with one attached hydrogen (secondary N) is 1. The molecule has 0 saturated carbocycles. The summed E-state index contributed by atoms with van der Waals surface area (Å²) in [6.45, 7) is 0.507. The lowest BCUT2D eigenvalue weighted by atomic mass is 10.1. The number of para-hydroxylation sites is 1. The number of hydrogen-bond acceptors (Lipinski definition) is 2. The second kappa shape index (κ2) is 3.52. The van der Waals surface area contributed by atoms with E-state index in [2.05, 4.69) is 4.98 Å². The Morgan fingerprint density at radius 2 is 2.19 bits per heavy atom. The lowest BCUT2D eigenvalue weighted by Crippen LogP contribution is -1.93. The Balaban J connectivity index is 2.10. The van der Waals surface area contributed by atoms with Gasteiger partial charge in [-0.3, -0.25) is 0 Å². The SMILES string of the molecule is O=C1OCC/C1=C\c1c[nH]c2ccccc12. The van der Waals surface area contributed by atoms with Gasteiger partial charge >= 0.3 is 5.97 Å². The molecule has 0 bridgehead atoms. The lowest BCUT2D eigenvalue weighted by molar-refractivity contribution is -0.134. The van der Waals surface area contributed by atoms with Gasteiger partial charge in [0.25, 0.3) is 0 Å². The summed E-state index contributed by atoms with van der Waals surface area (Å²) < 4.78 is 4.91. The highest BCUT2D eigenvalue weighted by atomic mass is 16.5. The Bertz CT molecular complexity index is 580. The fourth-order valence-electron chi connectivity index (χ4n) is 1.98. The van der Waals surface area contributed by atoms with Crippen LogP contribution >= 0.6 is 0 Å². The van der Waals surface area contributed by atoms with Gasteiger partial charge < -0.3 is 9.72 Å². The average Bonchev–Trinajstić information content (AvgIpc) is 2.88. The van der Waals surface area contributed by atoms with Gasteiger partial charge in [-0.15, -0.1) is 0 Å². The molecule has 0 aliphatic carbocycles. The largest absolute Gasteiger partial charge is 0.462 e. The highest BCUT2D eigenvalue weighted by Gasteiger charge is 2.18. The zero-order valence-electron chi connectivity index (χ0n) is 8.69. The average molecular weight is 213 g/mol. The molecule has 3 rings (SSSR count). The maximum Gasteiger partial charge on any atom is 0.334 e. The molecule has 0 radical (unpaired) electrons. The predicted molar refractivity (Wildman–Crippen MR) is 61.9 cm³/mol. The number of fused-ring (bicyclic) bond motifs is 1. The number of aromatic nitrogens is 1. The van der Waals surface area contributed by atoms with Crippen LogP contribution in [0.2, 0.25) is 0 Å². The number of carbonyl (C=O) groups excluding carboxylic acids is 1. The Labute approximate surface area is 92.7 Å². The van der Waals surface area contributed by atoms with Crippen LogP contribution in [0.15, 0.2) is 36.0 Å². The molecule has 1 aromatic carbocycles. The Hall–Kier alpha value is -2.03. The summed E-state index contributed by atoms with van der Waals surface area (Å²) in [5.41, 5.74) is 2.88. The molecule has 0 unspecified atom stereocenters. The standard InChI is InChI=1S/C13H11NO2/c15-13-9(5-6-16-13)7-10-8-14-12-4-2-1-3-11(10)12/h1-4,7-8,14H,5-6H2/b9-7+. The molecule has 0 amide bonds. The van der Waals surface area contributed by atoms with Crippen LogP contribution in [0.1, 0.15) is 12.0 Å². The molecule has 16 heavy (non-hydrogen) atoms. The summed E-state index contributed by atoms with van der Waals surface area (Å²) in [6.07, 6.45) is 4.54. The van der Waals surface area contributed by atoms with Crippen molar-refractivity contribution in [1.29, 1.82) is 0 Å². The first kappa shape index (κ1) is 9.21. The maximum atomic E-state index is 11.3. The number of rotatable bonds is 1. The van der Waals surface area contributed by atoms with Crippen molar-refractivity contribution in [2.24, 2.45) is 0 Å². The van der Waals surface area contributed by atoms with Crippen LogP contribution < -0.4 is 0 Å². The van der Waals surface area contributed by atoms with Crippen LogP contribution in [0.4, 0.5) is 0 Å². The number of carbonyl (C=O) groups is 1. The molecule has 1 aliphatic rings. The molecule has 2 aromatic rings. The smallest absolute Gasteiger partial charge is 0.334 e. The van der Waals surface area contributed by atoms with Gasteiger partial charge in [0.15, 0.2) is 0 Å². The first-order valence-corrected chi connectivity index (χ1v) is 5.28. The number of cyclic esters (lactones) is 1. The molecule has 80 valence electrons. The molecule has 1 N–H and O–H groups in total. The minimum Gasteiger partial charge on any atom is -0.462 e. The molecule has 0 spiro atoms. The zero-order valence-corrected chi connectivity index (χ0v) is 8.69. The number of H-pyrrole nitrogens is 1. The van der Waals surface area contributed by atoms with Crippen molar-refractivity contribution >= 4 is 22.9 Å². The second-order valence-electron chi connectivity index (χ2n) is 3.85. The molecule has 0 atom stereocenters. The number of hydrogen-bond donors (Lipinski definition) is 1. The van der Waals surface area contributed by atoms with E-state index in [0.717, 1.165) is 22.0 Å². The third-order valence-electron chi connectivity index (χ3n) is 2.82. The zero-order chi connectivity index (χ0) is 11.0. The van der Waals surface area contributed by atoms with Crippen LogP contribution in [-0.4, -0.2) is 17.6 Å². The molecular weight excluding hydrogens is 202 g/mol. The topological polar surface area (TPSA) is 42.1 Å². The van der Waals surface area contributed by atoms with E-state index < -0.39 is 0 Å². The van der Waals surface area contributed by atoms with E-state index in [-0.39, 0.29) is 5.97 Å². The highest BCUT2D eigenvalue weighted by Crippen LogP contribution is 2.23. The van der Waals surface area contributed by atoms with Gasteiger partial charge in [0.2, 0.25) is 0 Å². The molecule has 3 nitrogen and oxygen atoms in total. The summed E-state index contributed by atoms with van der Waals surface area (Å²) >= 11 is 0. The van der Waals surface area contributed by atoms with Crippen molar-refractivity contribution in [3.63, 3.8) is 0 Å². The molecule has 1 fully saturated rings. The number of aromatic amines is 1. The van der Waals surface area contributed by atoms with Crippen molar-refractivity contribution in [1.82, 2.24) is 4.98 Å². The fraction of sp³-hybridized carbons (Fsp3) is 0.154. The molecular formula is C13H11NO2. The van der Waals surface area contributed by atoms with Crippen molar-refractivity contribution in [2.45, 2.75) is 6.42 Å². The number of esters is 1. The molecule has 1 saturated heterocycles. The maximum absolute atomic E-state index is 11.3. The van der Waals surface area contributed by atoms with Gasteiger partial charge in [0.1, 0.15) is 0 Å². The third kappa shape index (κ3) is 1.41. The predicted octanol–water partition coefficient (Wildman–Crippen LogP) is 2.50. The monoisotopic (exact) mass is 213 g/mol. The first-order valence-electron chi connectivity index (χ1n) is 5.28. The number of ether oxygens (including phenoxy) is 1. The van der Waals surface area contributed by atoms with Crippen LogP contribution in [0.5, 0.6) is 0 Å². The molecule has 1 aliphatic heterocycles. The summed E-state index contributed by atoms with van der Waals surface area (Å²) in [5, 5.41) is 1.13. The summed E-state index contributed by atoms with van der Waals surface area (Å²) in [5.74, 6) is -0.190. The summed E-state index contributed by atoms with van der Waals surface area (Å²) in [6, 6.07) is 8.04. The van der Waals surface area contributed by atoms with Gasteiger partial charge in [-0.05, 0) is 12.1 Å². The first-order chi connectivity index (χ1) is 7.84. The van der Waals surface area contributed by atoms with Gasteiger partial charge in [-0.25, -0.2) is 4.79 Å². The van der Waals surface area contributed by atoms with Gasteiger partial charge in [0, 0.05) is 34.7 Å². The van der Waals surface area contributed by atoms with E-state index in [1.54, 1.807) is 0 Å². The van der Waals surface area contributed by atoms with E-state index in [1.807, 2.05) is 36.5 Å². The minimum atomic E-state index is -0.190. The van der Waals surface area contributed by atoms with Gasteiger partial charge in [0.05, 0.1) is 6.61 Å². The Morgan fingerprint density at radius 3 is 3.00 bits per heavy atom.